The fourth-order valence-corrected chi connectivity index (χ4v) is 2.71. The molecule has 0 aliphatic rings. The molecule has 0 aliphatic heterocycles. The summed E-state index contributed by atoms with van der Waals surface area (Å²) in [5, 5.41) is 2.50. The van der Waals surface area contributed by atoms with Gasteiger partial charge in [-0.15, -0.1) is 0 Å². The van der Waals surface area contributed by atoms with E-state index in [4.69, 9.17) is 0 Å². The molecule has 3 N–H and O–H groups in total. The first-order valence-corrected chi connectivity index (χ1v) is 8.75. The highest BCUT2D eigenvalue weighted by Crippen LogP contribution is 2.02. The smallest absolute Gasteiger partial charge is 0.251 e. The van der Waals surface area contributed by atoms with Crippen molar-refractivity contribution in [1.82, 2.24) is 10.0 Å². The van der Waals surface area contributed by atoms with Gasteiger partial charge in [-0.3, -0.25) is 4.79 Å². The van der Waals surface area contributed by atoms with Crippen molar-refractivity contribution in [3.8, 4) is 0 Å². The van der Waals surface area contributed by atoms with Crippen LogP contribution in [0.3, 0.4) is 0 Å². The molecular weight excluding hydrogens is 309 g/mol. The lowest BCUT2D eigenvalue weighted by atomic mass is 10.2. The van der Waals surface area contributed by atoms with Crippen LogP contribution in [0.2, 0.25) is 0 Å². The highest BCUT2D eigenvalue weighted by molar-refractivity contribution is 7.89. The largest absolute Gasteiger partial charge is 0.351 e. The van der Waals surface area contributed by atoms with E-state index in [-0.39, 0.29) is 12.3 Å². The lowest BCUT2D eigenvalue weighted by Crippen LogP contribution is -3.05. The van der Waals surface area contributed by atoms with Crippen LogP contribution in [0.25, 0.3) is 0 Å². The Bertz CT molecular complexity index is 574. The molecular formula is C14H23FN3O3S+. The third kappa shape index (κ3) is 7.48. The monoisotopic (exact) mass is 332 g/mol. The van der Waals surface area contributed by atoms with Crippen LogP contribution in [0.15, 0.2) is 24.3 Å². The van der Waals surface area contributed by atoms with Crippen LogP contribution in [0.5, 0.6) is 0 Å². The Labute approximate surface area is 130 Å². The first-order valence-electron chi connectivity index (χ1n) is 7.10. The molecule has 0 fully saturated rings. The lowest BCUT2D eigenvalue weighted by molar-refractivity contribution is -0.858. The van der Waals surface area contributed by atoms with Crippen LogP contribution in [0.1, 0.15) is 16.8 Å². The zero-order chi connectivity index (χ0) is 16.6. The molecule has 1 amide bonds. The van der Waals surface area contributed by atoms with Gasteiger partial charge in [0.15, 0.2) is 0 Å². The third-order valence-electron chi connectivity index (χ3n) is 2.94. The Morgan fingerprint density at radius 1 is 1.18 bits per heavy atom. The van der Waals surface area contributed by atoms with Crippen molar-refractivity contribution in [2.75, 3.05) is 39.5 Å². The first-order chi connectivity index (χ1) is 10.3. The molecule has 0 unspecified atom stereocenters. The summed E-state index contributed by atoms with van der Waals surface area (Å²) in [6, 6.07) is 5.06. The minimum atomic E-state index is -3.40. The molecule has 0 saturated carbocycles. The number of amides is 1. The number of halogens is 1. The molecule has 1 aromatic rings. The maximum absolute atomic E-state index is 12.7. The second kappa shape index (κ2) is 8.82. The van der Waals surface area contributed by atoms with Gasteiger partial charge in [-0.1, -0.05) is 0 Å². The van der Waals surface area contributed by atoms with Crippen molar-refractivity contribution in [2.45, 2.75) is 6.42 Å². The Hall–Kier alpha value is -1.51. The Morgan fingerprint density at radius 3 is 2.41 bits per heavy atom. The van der Waals surface area contributed by atoms with Gasteiger partial charge in [0.1, 0.15) is 5.82 Å². The molecule has 0 aliphatic carbocycles. The summed E-state index contributed by atoms with van der Waals surface area (Å²) in [5.74, 6) is -1.04. The molecule has 22 heavy (non-hydrogen) atoms. The standard InChI is InChI=1S/C14H22FN3O3S/c1-18(2)10-3-8-17-22(20,21)11-9-16-14(19)12-4-6-13(15)7-5-12/h4-7,17H,3,8-11H2,1-2H3,(H,16,19)/p+1. The number of carbonyl (C=O) groups is 1. The molecule has 0 radical (unpaired) electrons. The van der Waals surface area contributed by atoms with E-state index in [1.165, 1.54) is 29.2 Å². The van der Waals surface area contributed by atoms with Gasteiger partial charge >= 0.3 is 0 Å². The highest BCUT2D eigenvalue weighted by atomic mass is 32.2. The summed E-state index contributed by atoms with van der Waals surface area (Å²) >= 11 is 0. The minimum absolute atomic E-state index is 0.00444. The molecule has 6 nitrogen and oxygen atoms in total. The Kier molecular flexibility index (Phi) is 7.43. The third-order valence-corrected chi connectivity index (χ3v) is 4.32. The van der Waals surface area contributed by atoms with Gasteiger partial charge in [-0.2, -0.15) is 0 Å². The molecule has 124 valence electrons. The number of rotatable bonds is 9. The first kappa shape index (κ1) is 18.5. The van der Waals surface area contributed by atoms with Crippen LogP contribution in [-0.2, 0) is 10.0 Å². The van der Waals surface area contributed by atoms with E-state index < -0.39 is 21.7 Å². The maximum atomic E-state index is 12.7. The van der Waals surface area contributed by atoms with Gasteiger partial charge in [0, 0.05) is 25.1 Å². The van der Waals surface area contributed by atoms with E-state index in [1.807, 2.05) is 14.1 Å². The molecule has 0 bridgehead atoms. The van der Waals surface area contributed by atoms with Crippen LogP contribution in [0.4, 0.5) is 4.39 Å². The fourth-order valence-electron chi connectivity index (χ4n) is 1.74. The van der Waals surface area contributed by atoms with Crippen molar-refractivity contribution in [2.24, 2.45) is 0 Å². The topological polar surface area (TPSA) is 79.7 Å². The average Bonchev–Trinajstić information content (AvgIpc) is 2.44. The minimum Gasteiger partial charge on any atom is -0.351 e. The Morgan fingerprint density at radius 2 is 1.82 bits per heavy atom. The van der Waals surface area contributed by atoms with Crippen molar-refractivity contribution in [3.63, 3.8) is 0 Å². The van der Waals surface area contributed by atoms with Gasteiger partial charge in [0.25, 0.3) is 5.91 Å². The molecule has 0 spiro atoms. The molecule has 0 atom stereocenters. The van der Waals surface area contributed by atoms with Gasteiger partial charge in [0.2, 0.25) is 10.0 Å². The second-order valence-corrected chi connectivity index (χ2v) is 7.21. The molecule has 0 aromatic heterocycles. The predicted molar refractivity (Wildman–Crippen MR) is 82.8 cm³/mol. The fraction of sp³-hybridized carbons (Fsp3) is 0.500. The molecule has 0 saturated heterocycles. The summed E-state index contributed by atoms with van der Waals surface area (Å²) in [4.78, 5) is 13.0. The van der Waals surface area contributed by atoms with Gasteiger partial charge in [-0.05, 0) is 24.3 Å². The number of hydrogen-bond donors (Lipinski definition) is 3. The van der Waals surface area contributed by atoms with Gasteiger partial charge < -0.3 is 10.2 Å². The number of sulfonamides is 1. The van der Waals surface area contributed by atoms with E-state index >= 15 is 0 Å². The number of carbonyl (C=O) groups excluding carboxylic acids is 1. The van der Waals surface area contributed by atoms with Gasteiger partial charge in [0.05, 0.1) is 26.4 Å². The highest BCUT2D eigenvalue weighted by Gasteiger charge is 2.11. The normalized spacial score (nSPS) is 11.6. The summed E-state index contributed by atoms with van der Waals surface area (Å²) in [5.41, 5.74) is 0.292. The van der Waals surface area contributed by atoms with E-state index in [0.717, 1.165) is 13.0 Å². The van der Waals surface area contributed by atoms with E-state index in [2.05, 4.69) is 10.0 Å². The van der Waals surface area contributed by atoms with Crippen LogP contribution >= 0.6 is 0 Å². The molecule has 8 heteroatoms. The average molecular weight is 332 g/mol. The van der Waals surface area contributed by atoms with Crippen LogP contribution in [-0.4, -0.2) is 53.8 Å². The van der Waals surface area contributed by atoms with E-state index in [9.17, 15) is 17.6 Å². The number of benzene rings is 1. The number of quaternary nitrogens is 1. The zero-order valence-electron chi connectivity index (χ0n) is 12.9. The number of nitrogens with one attached hydrogen (secondary N) is 3. The van der Waals surface area contributed by atoms with Crippen molar-refractivity contribution in [1.29, 1.82) is 0 Å². The van der Waals surface area contributed by atoms with Crippen molar-refractivity contribution in [3.05, 3.63) is 35.6 Å². The summed E-state index contributed by atoms with van der Waals surface area (Å²) in [7, 11) is 0.601. The van der Waals surface area contributed by atoms with Gasteiger partial charge in [-0.25, -0.2) is 17.5 Å². The quantitative estimate of drug-likeness (QED) is 0.508. The SMILES string of the molecule is C[NH+](C)CCCNS(=O)(=O)CCNC(=O)c1ccc(F)cc1. The van der Waals surface area contributed by atoms with Crippen molar-refractivity contribution >= 4 is 15.9 Å². The predicted octanol–water partition coefficient (Wildman–Crippen LogP) is -0.990. The molecule has 1 aromatic carbocycles. The summed E-state index contributed by atoms with van der Waals surface area (Å²) in [6.45, 7) is 1.27. The van der Waals surface area contributed by atoms with Crippen LogP contribution < -0.4 is 14.9 Å². The number of hydrogen-bond acceptors (Lipinski definition) is 3. The summed E-state index contributed by atoms with van der Waals surface area (Å²) in [6.07, 6.45) is 0.753. The summed E-state index contributed by atoms with van der Waals surface area (Å²) < 4.78 is 38.7. The second-order valence-electron chi connectivity index (χ2n) is 5.29. The maximum Gasteiger partial charge on any atom is 0.251 e. The van der Waals surface area contributed by atoms with Crippen LogP contribution in [0, 0.1) is 5.82 Å². The van der Waals surface area contributed by atoms with E-state index in [1.54, 1.807) is 0 Å². The van der Waals surface area contributed by atoms with E-state index in [0.29, 0.717) is 12.1 Å². The molecule has 0 heterocycles. The molecule has 1 rings (SSSR count). The zero-order valence-corrected chi connectivity index (χ0v) is 13.7. The Balaban J connectivity index is 2.30. The lowest BCUT2D eigenvalue weighted by Gasteiger charge is -2.09. The van der Waals surface area contributed by atoms with Crippen molar-refractivity contribution < 1.29 is 22.5 Å².